The number of pyridine rings is 1. The van der Waals surface area contributed by atoms with E-state index in [0.29, 0.717) is 17.7 Å². The Balaban J connectivity index is 1.31. The van der Waals surface area contributed by atoms with E-state index in [1.807, 2.05) is 18.5 Å². The monoisotopic (exact) mass is 357 g/mol. The number of amides is 1. The van der Waals surface area contributed by atoms with Gasteiger partial charge in [0.25, 0.3) is 0 Å². The molecule has 4 heterocycles. The molecule has 3 aliphatic heterocycles. The SMILES string of the molecule is O=C(C1[C@H]2COC[C@@H]12)N1CCCC2(COCCN(c3cccnc3)C2)C1. The number of anilines is 1. The number of carbonyl (C=O) groups is 1. The van der Waals surface area contributed by atoms with E-state index in [-0.39, 0.29) is 11.3 Å². The molecule has 0 radical (unpaired) electrons. The third-order valence-electron chi connectivity index (χ3n) is 6.66. The zero-order chi connectivity index (χ0) is 17.6. The largest absolute Gasteiger partial charge is 0.381 e. The van der Waals surface area contributed by atoms with Gasteiger partial charge in [0, 0.05) is 43.7 Å². The Bertz CT molecular complexity index is 660. The molecule has 4 fully saturated rings. The van der Waals surface area contributed by atoms with Gasteiger partial charge in [0.2, 0.25) is 5.91 Å². The van der Waals surface area contributed by atoms with E-state index in [0.717, 1.165) is 71.1 Å². The van der Waals surface area contributed by atoms with Crippen molar-refractivity contribution in [2.45, 2.75) is 12.8 Å². The number of rotatable bonds is 2. The maximum absolute atomic E-state index is 13.0. The molecule has 1 aliphatic carbocycles. The number of hydrogen-bond donors (Lipinski definition) is 0. The zero-order valence-electron chi connectivity index (χ0n) is 15.2. The average Bonchev–Trinajstić information content (AvgIpc) is 3.24. The van der Waals surface area contributed by atoms with Crippen molar-refractivity contribution in [3.8, 4) is 0 Å². The summed E-state index contributed by atoms with van der Waals surface area (Å²) in [5.74, 6) is 1.55. The number of fused-ring (bicyclic) bond motifs is 1. The fourth-order valence-corrected chi connectivity index (χ4v) is 5.21. The predicted molar refractivity (Wildman–Crippen MR) is 96.8 cm³/mol. The molecule has 1 saturated carbocycles. The lowest BCUT2D eigenvalue weighted by Gasteiger charge is -2.44. The second kappa shape index (κ2) is 6.50. The standard InChI is InChI=1S/C20H27N3O3/c24-19(18-16-10-26-11-17(16)18)23-6-2-4-20(13-23)12-22(7-8-25-14-20)15-3-1-5-21-9-15/h1,3,5,9,16-18H,2,4,6-8,10-14H2/t16-,17+,18?,20?. The Morgan fingerprint density at radius 1 is 1.19 bits per heavy atom. The van der Waals surface area contributed by atoms with Crippen molar-refractivity contribution >= 4 is 11.6 Å². The van der Waals surface area contributed by atoms with Crippen LogP contribution in [0.1, 0.15) is 12.8 Å². The molecular weight excluding hydrogens is 330 g/mol. The van der Waals surface area contributed by atoms with Gasteiger partial charge in [-0.25, -0.2) is 0 Å². The highest BCUT2D eigenvalue weighted by Crippen LogP contribution is 2.52. The summed E-state index contributed by atoms with van der Waals surface area (Å²) in [7, 11) is 0. The fourth-order valence-electron chi connectivity index (χ4n) is 5.21. The van der Waals surface area contributed by atoms with Crippen LogP contribution in [0.4, 0.5) is 5.69 Å². The molecule has 0 N–H and O–H groups in total. The molecule has 1 aromatic heterocycles. The first-order valence-corrected chi connectivity index (χ1v) is 9.85. The van der Waals surface area contributed by atoms with Crippen molar-refractivity contribution in [3.05, 3.63) is 24.5 Å². The smallest absolute Gasteiger partial charge is 0.226 e. The van der Waals surface area contributed by atoms with Crippen LogP contribution in [0.25, 0.3) is 0 Å². The third kappa shape index (κ3) is 2.89. The first-order valence-electron chi connectivity index (χ1n) is 9.85. The van der Waals surface area contributed by atoms with E-state index in [1.165, 1.54) is 0 Å². The van der Waals surface area contributed by atoms with Gasteiger partial charge in [0.05, 0.1) is 38.3 Å². The van der Waals surface area contributed by atoms with Crippen molar-refractivity contribution in [2.24, 2.45) is 23.2 Å². The lowest BCUT2D eigenvalue weighted by Crippen LogP contribution is -2.52. The average molecular weight is 357 g/mol. The molecule has 0 bridgehead atoms. The van der Waals surface area contributed by atoms with Crippen LogP contribution in [0.15, 0.2) is 24.5 Å². The van der Waals surface area contributed by atoms with Crippen molar-refractivity contribution in [1.82, 2.24) is 9.88 Å². The maximum atomic E-state index is 13.0. The Morgan fingerprint density at radius 3 is 2.88 bits per heavy atom. The Morgan fingerprint density at radius 2 is 2.08 bits per heavy atom. The molecule has 4 atom stereocenters. The molecule has 3 saturated heterocycles. The van der Waals surface area contributed by atoms with Gasteiger partial charge >= 0.3 is 0 Å². The van der Waals surface area contributed by atoms with Crippen molar-refractivity contribution in [1.29, 1.82) is 0 Å². The quantitative estimate of drug-likeness (QED) is 0.801. The molecule has 1 amide bonds. The molecule has 0 aromatic carbocycles. The van der Waals surface area contributed by atoms with Gasteiger partial charge < -0.3 is 19.3 Å². The van der Waals surface area contributed by atoms with Gasteiger partial charge in [-0.2, -0.15) is 0 Å². The van der Waals surface area contributed by atoms with Gasteiger partial charge in [-0.3, -0.25) is 9.78 Å². The fraction of sp³-hybridized carbons (Fsp3) is 0.700. The number of hydrogen-bond acceptors (Lipinski definition) is 5. The first kappa shape index (κ1) is 16.5. The summed E-state index contributed by atoms with van der Waals surface area (Å²) in [6, 6.07) is 4.10. The number of piperidine rings is 1. The van der Waals surface area contributed by atoms with E-state index in [4.69, 9.17) is 9.47 Å². The van der Waals surface area contributed by atoms with Gasteiger partial charge in [-0.1, -0.05) is 0 Å². The van der Waals surface area contributed by atoms with Crippen molar-refractivity contribution < 1.29 is 14.3 Å². The first-order chi connectivity index (χ1) is 12.8. The minimum Gasteiger partial charge on any atom is -0.381 e. The molecule has 26 heavy (non-hydrogen) atoms. The normalized spacial score (nSPS) is 36.7. The van der Waals surface area contributed by atoms with Gasteiger partial charge in [-0.15, -0.1) is 0 Å². The topological polar surface area (TPSA) is 54.9 Å². The summed E-state index contributed by atoms with van der Waals surface area (Å²) < 4.78 is 11.5. The second-order valence-electron chi connectivity index (χ2n) is 8.44. The lowest BCUT2D eigenvalue weighted by molar-refractivity contribution is -0.138. The summed E-state index contributed by atoms with van der Waals surface area (Å²) in [6.45, 7) is 6.55. The molecule has 1 aromatic rings. The highest BCUT2D eigenvalue weighted by Gasteiger charge is 2.59. The van der Waals surface area contributed by atoms with Crippen LogP contribution in [-0.4, -0.2) is 68.4 Å². The Hall–Kier alpha value is -1.66. The van der Waals surface area contributed by atoms with Crippen LogP contribution in [0, 0.1) is 23.2 Å². The van der Waals surface area contributed by atoms with Gasteiger partial charge in [0.15, 0.2) is 0 Å². The van der Waals surface area contributed by atoms with Crippen LogP contribution >= 0.6 is 0 Å². The second-order valence-corrected chi connectivity index (χ2v) is 8.44. The number of carbonyl (C=O) groups excluding carboxylic acids is 1. The zero-order valence-corrected chi connectivity index (χ0v) is 15.2. The third-order valence-corrected chi connectivity index (χ3v) is 6.66. The minimum atomic E-state index is 0.0285. The van der Waals surface area contributed by atoms with E-state index < -0.39 is 0 Å². The van der Waals surface area contributed by atoms with Crippen LogP contribution in [-0.2, 0) is 14.3 Å². The lowest BCUT2D eigenvalue weighted by atomic mass is 9.79. The molecule has 5 rings (SSSR count). The van der Waals surface area contributed by atoms with Crippen LogP contribution in [0.5, 0.6) is 0 Å². The molecule has 4 aliphatic rings. The number of ether oxygens (including phenoxy) is 2. The summed E-state index contributed by atoms with van der Waals surface area (Å²) in [5.41, 5.74) is 1.18. The van der Waals surface area contributed by atoms with E-state index in [9.17, 15) is 4.79 Å². The Kier molecular flexibility index (Phi) is 4.13. The molecule has 2 unspecified atom stereocenters. The molecule has 6 nitrogen and oxygen atoms in total. The molecular formula is C20H27N3O3. The Labute approximate surface area is 154 Å². The number of nitrogens with zero attached hydrogens (tertiary/aromatic N) is 3. The predicted octanol–water partition coefficient (Wildman–Crippen LogP) is 1.42. The van der Waals surface area contributed by atoms with Crippen LogP contribution < -0.4 is 4.90 Å². The van der Waals surface area contributed by atoms with Crippen LogP contribution in [0.2, 0.25) is 0 Å². The molecule has 1 spiro atoms. The summed E-state index contributed by atoms with van der Waals surface area (Å²) in [4.78, 5) is 21.8. The van der Waals surface area contributed by atoms with Gasteiger partial charge in [0.1, 0.15) is 0 Å². The molecule has 140 valence electrons. The van der Waals surface area contributed by atoms with Crippen molar-refractivity contribution in [2.75, 3.05) is 57.5 Å². The van der Waals surface area contributed by atoms with Gasteiger partial charge in [-0.05, 0) is 36.8 Å². The van der Waals surface area contributed by atoms with Crippen LogP contribution in [0.3, 0.4) is 0 Å². The summed E-state index contributed by atoms with van der Waals surface area (Å²) in [6.07, 6.45) is 5.92. The number of likely N-dealkylation sites (tertiary alicyclic amines) is 1. The molecule has 6 heteroatoms. The maximum Gasteiger partial charge on any atom is 0.226 e. The van der Waals surface area contributed by atoms with Crippen molar-refractivity contribution in [3.63, 3.8) is 0 Å². The highest BCUT2D eigenvalue weighted by molar-refractivity contribution is 5.82. The van der Waals surface area contributed by atoms with E-state index >= 15 is 0 Å². The summed E-state index contributed by atoms with van der Waals surface area (Å²) in [5, 5.41) is 0. The minimum absolute atomic E-state index is 0.0285. The summed E-state index contributed by atoms with van der Waals surface area (Å²) >= 11 is 0. The van der Waals surface area contributed by atoms with E-state index in [2.05, 4.69) is 20.9 Å². The van der Waals surface area contributed by atoms with E-state index in [1.54, 1.807) is 0 Å². The highest BCUT2D eigenvalue weighted by atomic mass is 16.5. The number of aromatic nitrogens is 1.